The maximum Gasteiger partial charge on any atom is 0.191 e. The van der Waals surface area contributed by atoms with Gasteiger partial charge in [-0.25, -0.2) is 4.98 Å². The van der Waals surface area contributed by atoms with Crippen LogP contribution in [0.25, 0.3) is 10.8 Å². The Hall–Kier alpha value is -2.68. The van der Waals surface area contributed by atoms with Crippen molar-refractivity contribution in [3.8, 4) is 10.8 Å². The summed E-state index contributed by atoms with van der Waals surface area (Å²) in [6.45, 7) is 0.856. The summed E-state index contributed by atoms with van der Waals surface area (Å²) in [6, 6.07) is 18.6. The number of hydrogen-bond donors (Lipinski definition) is 0. The number of aromatic nitrogens is 4. The highest BCUT2D eigenvalue weighted by atomic mass is 32.2. The first kappa shape index (κ1) is 20.2. The van der Waals surface area contributed by atoms with E-state index in [1.54, 1.807) is 40.7 Å². The molecule has 0 saturated carbocycles. The Labute approximate surface area is 192 Å². The molecule has 0 amide bonds. The van der Waals surface area contributed by atoms with Gasteiger partial charge >= 0.3 is 0 Å². The lowest BCUT2D eigenvalue weighted by Crippen LogP contribution is -2.08. The van der Waals surface area contributed by atoms with Crippen LogP contribution in [0.1, 0.15) is 22.0 Å². The molecule has 5 rings (SSSR count). The van der Waals surface area contributed by atoms with Crippen molar-refractivity contribution in [3.05, 3.63) is 93.6 Å². The molecule has 0 unspecified atom stereocenters. The molecule has 8 heteroatoms. The summed E-state index contributed by atoms with van der Waals surface area (Å²) >= 11 is 5.04. The number of thiazole rings is 1. The fourth-order valence-corrected chi connectivity index (χ4v) is 5.73. The highest BCUT2D eigenvalue weighted by Gasteiger charge is 2.15. The van der Waals surface area contributed by atoms with Gasteiger partial charge in [0.1, 0.15) is 5.82 Å². The largest absolute Gasteiger partial charge is 0.462 e. The third-order valence-electron chi connectivity index (χ3n) is 4.81. The summed E-state index contributed by atoms with van der Waals surface area (Å²) in [7, 11) is 0. The highest BCUT2D eigenvalue weighted by molar-refractivity contribution is 7.98. The van der Waals surface area contributed by atoms with Crippen LogP contribution in [0.2, 0.25) is 0 Å². The van der Waals surface area contributed by atoms with Crippen molar-refractivity contribution in [3.63, 3.8) is 0 Å². The Morgan fingerprint density at radius 1 is 0.968 bits per heavy atom. The normalized spacial score (nSPS) is 11.2. The molecule has 156 valence electrons. The van der Waals surface area contributed by atoms with Crippen molar-refractivity contribution in [1.82, 2.24) is 19.7 Å². The molecule has 31 heavy (non-hydrogen) atoms. The van der Waals surface area contributed by atoms with E-state index in [2.05, 4.69) is 68.0 Å². The fourth-order valence-electron chi connectivity index (χ4n) is 3.26. The Morgan fingerprint density at radius 2 is 1.90 bits per heavy atom. The van der Waals surface area contributed by atoms with E-state index in [9.17, 15) is 0 Å². The number of furan rings is 1. The lowest BCUT2D eigenvalue weighted by atomic mass is 10.1. The van der Waals surface area contributed by atoms with Gasteiger partial charge in [0, 0.05) is 29.0 Å². The van der Waals surface area contributed by atoms with Crippen molar-refractivity contribution in [2.24, 2.45) is 0 Å². The van der Waals surface area contributed by atoms with E-state index in [0.717, 1.165) is 52.6 Å². The maximum atomic E-state index is 5.46. The summed E-state index contributed by atoms with van der Waals surface area (Å²) < 4.78 is 7.72. The Bertz CT molecular complexity index is 1210. The second-order valence-corrected chi connectivity index (χ2v) is 9.78. The molecule has 4 heterocycles. The Morgan fingerprint density at radius 3 is 2.71 bits per heavy atom. The van der Waals surface area contributed by atoms with Crippen LogP contribution in [0.3, 0.4) is 0 Å². The van der Waals surface area contributed by atoms with E-state index in [4.69, 9.17) is 9.40 Å². The SMILES string of the molecule is c1ccc(CCn2c(Cc3cccs3)nnc2SCc2csc(-c3ccco3)n2)cc1. The number of aryl methyl sites for hydroxylation is 1. The molecule has 0 N–H and O–H groups in total. The fraction of sp³-hybridized carbons (Fsp3) is 0.174. The van der Waals surface area contributed by atoms with Crippen LogP contribution in [-0.4, -0.2) is 19.7 Å². The van der Waals surface area contributed by atoms with Crippen LogP contribution in [0, 0.1) is 0 Å². The summed E-state index contributed by atoms with van der Waals surface area (Å²) in [5.74, 6) is 2.57. The highest BCUT2D eigenvalue weighted by Crippen LogP contribution is 2.28. The summed E-state index contributed by atoms with van der Waals surface area (Å²) in [5, 5.41) is 15.1. The number of thiophene rings is 1. The van der Waals surface area contributed by atoms with Gasteiger partial charge < -0.3 is 8.98 Å². The number of benzene rings is 1. The zero-order valence-electron chi connectivity index (χ0n) is 16.7. The van der Waals surface area contributed by atoms with Gasteiger partial charge in [-0.15, -0.1) is 32.9 Å². The van der Waals surface area contributed by atoms with Crippen LogP contribution in [0.5, 0.6) is 0 Å². The lowest BCUT2D eigenvalue weighted by molar-refractivity contribution is 0.581. The maximum absolute atomic E-state index is 5.46. The molecule has 0 aliphatic rings. The van der Waals surface area contributed by atoms with E-state index < -0.39 is 0 Å². The second-order valence-electron chi connectivity index (χ2n) is 6.95. The van der Waals surface area contributed by atoms with Gasteiger partial charge in [0.2, 0.25) is 0 Å². The molecule has 0 aliphatic carbocycles. The minimum atomic E-state index is 0.750. The van der Waals surface area contributed by atoms with Gasteiger partial charge in [0.05, 0.1) is 12.0 Å². The van der Waals surface area contributed by atoms with Gasteiger partial charge in [-0.3, -0.25) is 0 Å². The third-order valence-corrected chi connectivity index (χ3v) is 7.59. The molecular formula is C23H20N4OS3. The quantitative estimate of drug-likeness (QED) is 0.244. The number of rotatable bonds is 9. The molecule has 0 aliphatic heterocycles. The van der Waals surface area contributed by atoms with Crippen LogP contribution < -0.4 is 0 Å². The first-order valence-corrected chi connectivity index (χ1v) is 12.7. The van der Waals surface area contributed by atoms with Crippen LogP contribution in [-0.2, 0) is 25.1 Å². The van der Waals surface area contributed by atoms with E-state index >= 15 is 0 Å². The van der Waals surface area contributed by atoms with Crippen LogP contribution >= 0.6 is 34.4 Å². The van der Waals surface area contributed by atoms with Crippen molar-refractivity contribution < 1.29 is 4.42 Å². The van der Waals surface area contributed by atoms with E-state index in [1.807, 2.05) is 12.1 Å². The minimum absolute atomic E-state index is 0.750. The minimum Gasteiger partial charge on any atom is -0.462 e. The van der Waals surface area contributed by atoms with Crippen LogP contribution in [0.4, 0.5) is 0 Å². The Balaban J connectivity index is 1.32. The van der Waals surface area contributed by atoms with Gasteiger partial charge in [0.25, 0.3) is 0 Å². The first-order valence-electron chi connectivity index (χ1n) is 9.94. The molecule has 0 atom stereocenters. The zero-order chi connectivity index (χ0) is 20.9. The number of thioether (sulfide) groups is 1. The summed E-state index contributed by atoms with van der Waals surface area (Å²) in [4.78, 5) is 6.01. The number of nitrogens with zero attached hydrogens (tertiary/aromatic N) is 4. The standard InChI is InChI=1S/C23H20N4OS3/c1-2-6-17(7-3-1)10-11-27-21(14-19-8-5-13-29-19)25-26-23(27)31-16-18-15-30-22(24-18)20-9-4-12-28-20/h1-9,12-13,15H,10-11,14,16H2. The molecular weight excluding hydrogens is 444 g/mol. The zero-order valence-corrected chi connectivity index (χ0v) is 19.1. The van der Waals surface area contributed by atoms with Gasteiger partial charge in [-0.1, -0.05) is 48.2 Å². The molecule has 0 saturated heterocycles. The van der Waals surface area contributed by atoms with E-state index in [0.29, 0.717) is 0 Å². The van der Waals surface area contributed by atoms with E-state index in [-0.39, 0.29) is 0 Å². The van der Waals surface area contributed by atoms with Gasteiger partial charge in [-0.2, -0.15) is 0 Å². The molecule has 0 fully saturated rings. The molecule has 5 nitrogen and oxygen atoms in total. The second kappa shape index (κ2) is 9.64. The third kappa shape index (κ3) is 4.98. The first-order chi connectivity index (χ1) is 15.3. The number of hydrogen-bond acceptors (Lipinski definition) is 7. The molecule has 4 aromatic heterocycles. The predicted molar refractivity (Wildman–Crippen MR) is 127 cm³/mol. The van der Waals surface area contributed by atoms with Crippen molar-refractivity contribution >= 4 is 34.4 Å². The predicted octanol–water partition coefficient (Wildman–Crippen LogP) is 6.18. The molecule has 1 aromatic carbocycles. The summed E-state index contributed by atoms with van der Waals surface area (Å²) in [5.41, 5.74) is 2.34. The van der Waals surface area contributed by atoms with Crippen molar-refractivity contribution in [2.75, 3.05) is 0 Å². The summed E-state index contributed by atoms with van der Waals surface area (Å²) in [6.07, 6.45) is 3.43. The van der Waals surface area contributed by atoms with Gasteiger partial charge in [0.15, 0.2) is 15.9 Å². The smallest absolute Gasteiger partial charge is 0.191 e. The molecule has 5 aromatic rings. The van der Waals surface area contributed by atoms with Crippen molar-refractivity contribution in [2.45, 2.75) is 30.3 Å². The average Bonchev–Trinajstić information content (AvgIpc) is 3.60. The van der Waals surface area contributed by atoms with Crippen molar-refractivity contribution in [1.29, 1.82) is 0 Å². The topological polar surface area (TPSA) is 56.7 Å². The van der Waals surface area contributed by atoms with E-state index in [1.165, 1.54) is 10.4 Å². The lowest BCUT2D eigenvalue weighted by Gasteiger charge is -2.10. The monoisotopic (exact) mass is 464 g/mol. The molecule has 0 spiro atoms. The average molecular weight is 465 g/mol. The molecule has 0 radical (unpaired) electrons. The van der Waals surface area contributed by atoms with Gasteiger partial charge in [-0.05, 0) is 35.6 Å². The van der Waals surface area contributed by atoms with Crippen LogP contribution in [0.15, 0.2) is 81.2 Å². The Kier molecular flexibility index (Phi) is 6.29. The molecule has 0 bridgehead atoms.